The number of benzene rings is 1. The minimum Gasteiger partial charge on any atom is -0.317 e. The molecule has 2 nitrogen and oxygen atoms in total. The zero-order chi connectivity index (χ0) is 14.1. The highest BCUT2D eigenvalue weighted by Crippen LogP contribution is 2.32. The SMILES string of the molecule is CC1c2cc(F)cc(F)c2CCN1CC1CCNCC1. The summed E-state index contributed by atoms with van der Waals surface area (Å²) < 4.78 is 27.3. The van der Waals surface area contributed by atoms with E-state index in [4.69, 9.17) is 0 Å². The van der Waals surface area contributed by atoms with Crippen LogP contribution in [0.15, 0.2) is 12.1 Å². The van der Waals surface area contributed by atoms with Gasteiger partial charge in [-0.1, -0.05) is 0 Å². The summed E-state index contributed by atoms with van der Waals surface area (Å²) in [5.74, 6) is -0.135. The van der Waals surface area contributed by atoms with Crippen LogP contribution in [0.2, 0.25) is 0 Å². The number of nitrogens with one attached hydrogen (secondary N) is 1. The Morgan fingerprint density at radius 2 is 2.00 bits per heavy atom. The summed E-state index contributed by atoms with van der Waals surface area (Å²) in [5.41, 5.74) is 1.54. The molecule has 0 aliphatic carbocycles. The van der Waals surface area contributed by atoms with Gasteiger partial charge in [-0.2, -0.15) is 0 Å². The zero-order valence-corrected chi connectivity index (χ0v) is 12.0. The second-order valence-corrected chi connectivity index (χ2v) is 6.07. The maximum absolute atomic E-state index is 13.8. The van der Waals surface area contributed by atoms with Crippen LogP contribution < -0.4 is 5.32 Å². The lowest BCUT2D eigenvalue weighted by atomic mass is 9.90. The largest absolute Gasteiger partial charge is 0.317 e. The first kappa shape index (κ1) is 14.0. The fraction of sp³-hybridized carbons (Fsp3) is 0.625. The molecule has 2 aliphatic heterocycles. The second kappa shape index (κ2) is 5.78. The van der Waals surface area contributed by atoms with Crippen LogP contribution in [-0.2, 0) is 6.42 Å². The van der Waals surface area contributed by atoms with E-state index in [-0.39, 0.29) is 11.9 Å². The van der Waals surface area contributed by atoms with Crippen molar-refractivity contribution in [2.45, 2.75) is 32.2 Å². The molecular weight excluding hydrogens is 258 g/mol. The van der Waals surface area contributed by atoms with Crippen molar-refractivity contribution in [2.24, 2.45) is 5.92 Å². The number of halogens is 2. The Kier molecular flexibility index (Phi) is 4.03. The van der Waals surface area contributed by atoms with Crippen LogP contribution in [0.4, 0.5) is 8.78 Å². The maximum atomic E-state index is 13.8. The Morgan fingerprint density at radius 3 is 2.75 bits per heavy atom. The summed E-state index contributed by atoms with van der Waals surface area (Å²) in [7, 11) is 0. The number of hydrogen-bond donors (Lipinski definition) is 1. The number of piperidine rings is 1. The van der Waals surface area contributed by atoms with Gasteiger partial charge in [0.15, 0.2) is 0 Å². The molecule has 0 aromatic heterocycles. The van der Waals surface area contributed by atoms with Crippen molar-refractivity contribution in [2.75, 3.05) is 26.2 Å². The summed E-state index contributed by atoms with van der Waals surface area (Å²) >= 11 is 0. The van der Waals surface area contributed by atoms with Crippen LogP contribution in [0.3, 0.4) is 0 Å². The molecule has 1 atom stereocenters. The molecule has 0 radical (unpaired) electrons. The van der Waals surface area contributed by atoms with Gasteiger partial charge in [-0.15, -0.1) is 0 Å². The Labute approximate surface area is 119 Å². The molecule has 20 heavy (non-hydrogen) atoms. The zero-order valence-electron chi connectivity index (χ0n) is 12.0. The van der Waals surface area contributed by atoms with Crippen molar-refractivity contribution < 1.29 is 8.78 Å². The Hall–Kier alpha value is -1.00. The molecule has 1 unspecified atom stereocenters. The monoisotopic (exact) mass is 280 g/mol. The lowest BCUT2D eigenvalue weighted by molar-refractivity contribution is 0.150. The lowest BCUT2D eigenvalue weighted by Gasteiger charge is -2.38. The van der Waals surface area contributed by atoms with Gasteiger partial charge < -0.3 is 5.32 Å². The smallest absolute Gasteiger partial charge is 0.129 e. The van der Waals surface area contributed by atoms with Gasteiger partial charge in [0.1, 0.15) is 11.6 Å². The normalized spacial score (nSPS) is 24.6. The van der Waals surface area contributed by atoms with Crippen LogP contribution in [0.5, 0.6) is 0 Å². The molecule has 0 amide bonds. The molecule has 1 N–H and O–H groups in total. The van der Waals surface area contributed by atoms with E-state index in [9.17, 15) is 8.78 Å². The molecule has 2 heterocycles. The second-order valence-electron chi connectivity index (χ2n) is 6.07. The van der Waals surface area contributed by atoms with Crippen molar-refractivity contribution >= 4 is 0 Å². The van der Waals surface area contributed by atoms with Crippen LogP contribution in [0, 0.1) is 17.6 Å². The van der Waals surface area contributed by atoms with E-state index in [2.05, 4.69) is 17.1 Å². The Morgan fingerprint density at radius 1 is 1.25 bits per heavy atom. The molecule has 3 rings (SSSR count). The molecule has 1 aromatic carbocycles. The summed E-state index contributed by atoms with van der Waals surface area (Å²) in [6.45, 7) is 6.17. The van der Waals surface area contributed by atoms with Crippen molar-refractivity contribution in [3.63, 3.8) is 0 Å². The quantitative estimate of drug-likeness (QED) is 0.896. The molecule has 1 saturated heterocycles. The number of rotatable bonds is 2. The average Bonchev–Trinajstić information content (AvgIpc) is 2.43. The van der Waals surface area contributed by atoms with Crippen LogP contribution in [0.25, 0.3) is 0 Å². The van der Waals surface area contributed by atoms with Crippen LogP contribution in [-0.4, -0.2) is 31.1 Å². The third-order valence-corrected chi connectivity index (χ3v) is 4.79. The predicted octanol–water partition coefficient (Wildman–Crippen LogP) is 2.88. The number of hydrogen-bond acceptors (Lipinski definition) is 2. The summed E-state index contributed by atoms with van der Waals surface area (Å²) in [5, 5.41) is 3.38. The standard InChI is InChI=1S/C16H22F2N2/c1-11-15-8-13(17)9-16(18)14(15)4-7-20(11)10-12-2-5-19-6-3-12/h8-9,11-12,19H,2-7,10H2,1H3. The highest BCUT2D eigenvalue weighted by Gasteiger charge is 2.28. The fourth-order valence-electron chi connectivity index (χ4n) is 3.55. The minimum atomic E-state index is -0.461. The predicted molar refractivity (Wildman–Crippen MR) is 75.6 cm³/mol. The average molecular weight is 280 g/mol. The summed E-state index contributed by atoms with van der Waals surface area (Å²) in [6, 6.07) is 2.63. The van der Waals surface area contributed by atoms with Crippen LogP contribution >= 0.6 is 0 Å². The van der Waals surface area contributed by atoms with E-state index in [1.807, 2.05) is 0 Å². The topological polar surface area (TPSA) is 15.3 Å². The molecule has 4 heteroatoms. The van der Waals surface area contributed by atoms with Gasteiger partial charge in [0.25, 0.3) is 0 Å². The molecule has 2 aliphatic rings. The van der Waals surface area contributed by atoms with Gasteiger partial charge in [-0.25, -0.2) is 8.78 Å². The molecule has 1 fully saturated rings. The molecule has 0 spiro atoms. The van der Waals surface area contributed by atoms with Gasteiger partial charge in [-0.05, 0) is 62.4 Å². The highest BCUT2D eigenvalue weighted by atomic mass is 19.1. The number of nitrogens with zero attached hydrogens (tertiary/aromatic N) is 1. The molecule has 1 aromatic rings. The van der Waals surface area contributed by atoms with Gasteiger partial charge in [0.05, 0.1) is 0 Å². The molecule has 0 saturated carbocycles. The van der Waals surface area contributed by atoms with E-state index in [1.165, 1.54) is 18.9 Å². The third-order valence-electron chi connectivity index (χ3n) is 4.79. The van der Waals surface area contributed by atoms with Crippen molar-refractivity contribution in [3.8, 4) is 0 Å². The van der Waals surface area contributed by atoms with Gasteiger partial charge in [0.2, 0.25) is 0 Å². The highest BCUT2D eigenvalue weighted by molar-refractivity contribution is 5.34. The van der Waals surface area contributed by atoms with Gasteiger partial charge >= 0.3 is 0 Å². The Balaban J connectivity index is 1.76. The summed E-state index contributed by atoms with van der Waals surface area (Å²) in [4.78, 5) is 2.39. The van der Waals surface area contributed by atoms with E-state index in [1.54, 1.807) is 0 Å². The third kappa shape index (κ3) is 2.72. The summed E-state index contributed by atoms with van der Waals surface area (Å²) in [6.07, 6.45) is 3.10. The molecular formula is C16H22F2N2. The first-order chi connectivity index (χ1) is 9.65. The van der Waals surface area contributed by atoms with E-state index < -0.39 is 5.82 Å². The maximum Gasteiger partial charge on any atom is 0.129 e. The first-order valence-electron chi connectivity index (χ1n) is 7.57. The molecule has 110 valence electrons. The molecule has 0 bridgehead atoms. The minimum absolute atomic E-state index is 0.110. The van der Waals surface area contributed by atoms with Crippen molar-refractivity contribution in [1.82, 2.24) is 10.2 Å². The van der Waals surface area contributed by atoms with E-state index in [0.717, 1.165) is 37.8 Å². The first-order valence-corrected chi connectivity index (χ1v) is 7.57. The van der Waals surface area contributed by atoms with Crippen molar-refractivity contribution in [3.05, 3.63) is 34.9 Å². The van der Waals surface area contributed by atoms with Gasteiger partial charge in [0, 0.05) is 25.2 Å². The van der Waals surface area contributed by atoms with Crippen molar-refractivity contribution in [1.29, 1.82) is 0 Å². The fourth-order valence-corrected chi connectivity index (χ4v) is 3.55. The van der Waals surface area contributed by atoms with E-state index in [0.29, 0.717) is 17.9 Å². The van der Waals surface area contributed by atoms with Gasteiger partial charge in [-0.3, -0.25) is 4.90 Å². The Bertz CT molecular complexity index is 484. The van der Waals surface area contributed by atoms with Crippen LogP contribution in [0.1, 0.15) is 36.9 Å². The van der Waals surface area contributed by atoms with E-state index >= 15 is 0 Å². The number of fused-ring (bicyclic) bond motifs is 1. The lowest BCUT2D eigenvalue weighted by Crippen LogP contribution is -2.40.